The van der Waals surface area contributed by atoms with E-state index in [1.165, 1.54) is 24.9 Å². The summed E-state index contributed by atoms with van der Waals surface area (Å²) >= 11 is 0. The lowest BCUT2D eigenvalue weighted by atomic mass is 10.1. The van der Waals surface area contributed by atoms with Gasteiger partial charge in [-0.05, 0) is 74.2 Å². The molecule has 0 atom stereocenters. The number of rotatable bonds is 6. The average Bonchev–Trinajstić information content (AvgIpc) is 3.22. The van der Waals surface area contributed by atoms with E-state index in [-0.39, 0.29) is 11.7 Å². The van der Waals surface area contributed by atoms with Crippen LogP contribution in [0.2, 0.25) is 0 Å². The minimum Gasteiger partial charge on any atom is -0.385 e. The normalized spacial score (nSPS) is 14.5. The lowest BCUT2D eigenvalue weighted by molar-refractivity contribution is 0.102. The van der Waals surface area contributed by atoms with Crippen LogP contribution in [0, 0.1) is 0 Å². The van der Waals surface area contributed by atoms with Crippen LogP contribution in [0.4, 0.5) is 11.4 Å². The van der Waals surface area contributed by atoms with Gasteiger partial charge in [0.1, 0.15) is 11.5 Å². The van der Waals surface area contributed by atoms with Gasteiger partial charge in [0.15, 0.2) is 0 Å². The van der Waals surface area contributed by atoms with Crippen molar-refractivity contribution in [2.24, 2.45) is 10.8 Å². The Bertz CT molecular complexity index is 1120. The summed E-state index contributed by atoms with van der Waals surface area (Å²) < 4.78 is 0. The third kappa shape index (κ3) is 4.88. The molecule has 160 valence electrons. The molecule has 0 unspecified atom stereocenters. The van der Waals surface area contributed by atoms with Gasteiger partial charge in [0.25, 0.3) is 5.91 Å². The molecule has 1 fully saturated rings. The molecule has 1 saturated heterocycles. The molecule has 2 aromatic carbocycles. The second-order valence-electron chi connectivity index (χ2n) is 7.87. The Hall–Kier alpha value is -3.74. The topological polar surface area (TPSA) is 98.5 Å². The molecule has 2 heterocycles. The van der Waals surface area contributed by atoms with Gasteiger partial charge in [-0.25, -0.2) is 0 Å². The number of hydrogen-bond acceptors (Lipinski definition) is 5. The number of anilines is 2. The van der Waals surface area contributed by atoms with Crippen molar-refractivity contribution in [3.05, 3.63) is 72.2 Å². The number of amides is 1. The largest absolute Gasteiger partial charge is 0.385 e. The zero-order valence-corrected chi connectivity index (χ0v) is 17.7. The molecule has 5 N–H and O–H groups in total. The highest BCUT2D eigenvalue weighted by molar-refractivity contribution is 6.07. The van der Waals surface area contributed by atoms with Crippen LogP contribution in [0.3, 0.4) is 0 Å². The van der Waals surface area contributed by atoms with Crippen LogP contribution in [-0.2, 0) is 0 Å². The van der Waals surface area contributed by atoms with Gasteiger partial charge in [-0.2, -0.15) is 5.10 Å². The number of hydrogen-bond donors (Lipinski definition) is 4. The molecular weight excluding hydrogens is 388 g/mol. The smallest absolute Gasteiger partial charge is 0.272 e. The molecule has 0 bridgehead atoms. The lowest BCUT2D eigenvalue weighted by Gasteiger charge is -2.28. The molecule has 0 spiro atoms. The molecule has 0 aliphatic carbocycles. The highest BCUT2D eigenvalue weighted by Crippen LogP contribution is 2.23. The van der Waals surface area contributed by atoms with Crippen molar-refractivity contribution in [1.82, 2.24) is 10.4 Å². The Kier molecular flexibility index (Phi) is 5.93. The maximum atomic E-state index is 12.8. The van der Waals surface area contributed by atoms with Crippen LogP contribution in [0.1, 0.15) is 42.2 Å². The first-order chi connectivity index (χ1) is 15.0. The molecule has 7 nitrogen and oxygen atoms in total. The van der Waals surface area contributed by atoms with Crippen molar-refractivity contribution in [2.45, 2.75) is 26.2 Å². The van der Waals surface area contributed by atoms with Crippen LogP contribution in [0.15, 0.2) is 66.0 Å². The molecule has 1 aliphatic rings. The number of aromatic amines is 1. The Morgan fingerprint density at radius 2 is 1.84 bits per heavy atom. The van der Waals surface area contributed by atoms with Gasteiger partial charge < -0.3 is 20.9 Å². The second-order valence-corrected chi connectivity index (χ2v) is 7.87. The van der Waals surface area contributed by atoms with Gasteiger partial charge in [0, 0.05) is 35.4 Å². The first-order valence-electron chi connectivity index (χ1n) is 10.5. The Morgan fingerprint density at radius 3 is 2.55 bits per heavy atom. The first kappa shape index (κ1) is 20.5. The van der Waals surface area contributed by atoms with Crippen molar-refractivity contribution in [2.75, 3.05) is 23.3 Å². The molecule has 1 amide bonds. The van der Waals surface area contributed by atoms with E-state index in [2.05, 4.69) is 44.4 Å². The maximum Gasteiger partial charge on any atom is 0.272 e. The average molecular weight is 417 g/mol. The summed E-state index contributed by atoms with van der Waals surface area (Å²) in [5, 5.41) is 8.10. The van der Waals surface area contributed by atoms with Crippen molar-refractivity contribution in [3.8, 4) is 0 Å². The van der Waals surface area contributed by atoms with E-state index in [4.69, 9.17) is 5.73 Å². The number of H-pyrrole nitrogens is 1. The van der Waals surface area contributed by atoms with Crippen LogP contribution in [0.25, 0.3) is 10.9 Å². The minimum absolute atomic E-state index is 0.171. The fourth-order valence-corrected chi connectivity index (χ4v) is 3.81. The van der Waals surface area contributed by atoms with E-state index >= 15 is 0 Å². The van der Waals surface area contributed by atoms with Crippen molar-refractivity contribution in [3.63, 3.8) is 0 Å². The second kappa shape index (κ2) is 8.95. The molecule has 1 aliphatic heterocycles. The van der Waals surface area contributed by atoms with Crippen molar-refractivity contribution in [1.29, 1.82) is 0 Å². The Labute approximate surface area is 182 Å². The number of piperidine rings is 1. The number of nitrogens with one attached hydrogen (secondary N) is 3. The number of benzene rings is 2. The molecular formula is C24H28N6O. The van der Waals surface area contributed by atoms with Gasteiger partial charge >= 0.3 is 0 Å². The Balaban J connectivity index is 1.46. The maximum absolute atomic E-state index is 12.8. The summed E-state index contributed by atoms with van der Waals surface area (Å²) in [6.45, 7) is 7.65. The summed E-state index contributed by atoms with van der Waals surface area (Å²) in [6, 6.07) is 15.8. The lowest BCUT2D eigenvalue weighted by Crippen LogP contribution is -2.29. The monoisotopic (exact) mass is 416 g/mol. The van der Waals surface area contributed by atoms with Crippen molar-refractivity contribution < 1.29 is 4.79 Å². The van der Waals surface area contributed by atoms with Crippen LogP contribution in [-0.4, -0.2) is 29.7 Å². The van der Waals surface area contributed by atoms with E-state index < -0.39 is 0 Å². The number of nitrogens with two attached hydrogens (primary N) is 1. The number of carbonyl (C=O) groups is 1. The van der Waals surface area contributed by atoms with Gasteiger partial charge in [0.2, 0.25) is 0 Å². The minimum atomic E-state index is -0.171. The SMILES string of the molecule is C=C(N)N/N=C(\C)c1ccc2[nH]c(C(=O)Nc3ccc(N4CCCCC4)cc3)cc2c1. The highest BCUT2D eigenvalue weighted by atomic mass is 16.1. The van der Waals surface area contributed by atoms with Crippen LogP contribution >= 0.6 is 0 Å². The van der Waals surface area contributed by atoms with Gasteiger partial charge in [-0.3, -0.25) is 10.2 Å². The molecule has 31 heavy (non-hydrogen) atoms. The Morgan fingerprint density at radius 1 is 1.10 bits per heavy atom. The fourth-order valence-electron chi connectivity index (χ4n) is 3.81. The van der Waals surface area contributed by atoms with Gasteiger partial charge in [-0.1, -0.05) is 12.6 Å². The molecule has 0 radical (unpaired) electrons. The summed E-state index contributed by atoms with van der Waals surface area (Å²) in [5.41, 5.74) is 13.2. The number of aromatic nitrogens is 1. The zero-order chi connectivity index (χ0) is 21.8. The molecule has 7 heteroatoms. The van der Waals surface area contributed by atoms with Crippen molar-refractivity contribution >= 4 is 33.9 Å². The number of carbonyl (C=O) groups excluding carboxylic acids is 1. The van der Waals surface area contributed by atoms with Gasteiger partial charge in [-0.15, -0.1) is 0 Å². The zero-order valence-electron chi connectivity index (χ0n) is 17.7. The summed E-state index contributed by atoms with van der Waals surface area (Å²) in [5.74, 6) is 0.111. The van der Waals surface area contributed by atoms with E-state index in [1.54, 1.807) is 0 Å². The van der Waals surface area contributed by atoms with E-state index in [9.17, 15) is 4.79 Å². The van der Waals surface area contributed by atoms with Gasteiger partial charge in [0.05, 0.1) is 5.71 Å². The van der Waals surface area contributed by atoms with E-state index in [0.717, 1.165) is 41.0 Å². The van der Waals surface area contributed by atoms with E-state index in [1.807, 2.05) is 43.3 Å². The third-order valence-electron chi connectivity index (χ3n) is 5.50. The molecule has 4 rings (SSSR count). The fraction of sp³-hybridized carbons (Fsp3) is 0.250. The summed E-state index contributed by atoms with van der Waals surface area (Å²) in [7, 11) is 0. The number of hydrazone groups is 1. The first-order valence-corrected chi connectivity index (χ1v) is 10.5. The predicted molar refractivity (Wildman–Crippen MR) is 127 cm³/mol. The summed E-state index contributed by atoms with van der Waals surface area (Å²) in [4.78, 5) is 18.3. The highest BCUT2D eigenvalue weighted by Gasteiger charge is 2.13. The quantitative estimate of drug-likeness (QED) is 0.358. The van der Waals surface area contributed by atoms with E-state index in [0.29, 0.717) is 5.69 Å². The molecule has 3 aromatic rings. The number of nitrogens with zero attached hydrogens (tertiary/aromatic N) is 2. The molecule has 1 aromatic heterocycles. The number of fused-ring (bicyclic) bond motifs is 1. The molecule has 0 saturated carbocycles. The van der Waals surface area contributed by atoms with Crippen LogP contribution < -0.4 is 21.4 Å². The summed E-state index contributed by atoms with van der Waals surface area (Å²) in [6.07, 6.45) is 3.79. The van der Waals surface area contributed by atoms with Crippen LogP contribution in [0.5, 0.6) is 0 Å². The standard InChI is InChI=1S/C24H28N6O/c1-16(28-29-17(2)25)18-6-11-22-19(14-18)15-23(27-22)24(31)26-20-7-9-21(10-8-20)30-12-4-3-5-13-30/h6-11,14-15,27,29H,2-5,12-13,25H2,1H3,(H,26,31)/b28-16+. The predicted octanol–water partition coefficient (Wildman–Crippen LogP) is 4.15. The third-order valence-corrected chi connectivity index (χ3v) is 5.50.